The van der Waals surface area contributed by atoms with Crippen molar-refractivity contribution in [1.29, 1.82) is 0 Å². The molecular weight excluding hydrogens is 436 g/mol. The van der Waals surface area contributed by atoms with Gasteiger partial charge in [-0.3, -0.25) is 24.0 Å². The molecule has 0 radical (unpaired) electrons. The van der Waals surface area contributed by atoms with Gasteiger partial charge in [-0.2, -0.15) is 0 Å². The lowest BCUT2D eigenvalue weighted by atomic mass is 9.57. The highest BCUT2D eigenvalue weighted by atomic mass is 16.4. The van der Waals surface area contributed by atoms with Crippen LogP contribution in [0, 0.1) is 58.2 Å². The van der Waals surface area contributed by atoms with E-state index in [-0.39, 0.29) is 46.8 Å². The molecule has 7 nitrogen and oxygen atoms in total. The van der Waals surface area contributed by atoms with Crippen molar-refractivity contribution in [2.75, 3.05) is 6.61 Å². The fraction of sp³-hybridized carbons (Fsp3) is 0.815. The van der Waals surface area contributed by atoms with Gasteiger partial charge in [0.2, 0.25) is 0 Å². The van der Waals surface area contributed by atoms with Gasteiger partial charge in [0.15, 0.2) is 5.78 Å². The SMILES string of the molecule is CCCC(=O)[C@H]1[C@@H](C(=O)O)C2C[C@@H]1[C@]1(CC[C@]3(CC4C[C@@H]3[C@H](C(=O)CO)[C@@H]4C(=O)CC)C1=O)C2. The molecular formula is C27H36O7. The van der Waals surface area contributed by atoms with Crippen LogP contribution < -0.4 is 0 Å². The monoisotopic (exact) mass is 472 g/mol. The van der Waals surface area contributed by atoms with Crippen molar-refractivity contribution in [3.63, 3.8) is 0 Å². The van der Waals surface area contributed by atoms with Crippen LogP contribution in [0.1, 0.15) is 71.6 Å². The highest BCUT2D eigenvalue weighted by molar-refractivity contribution is 5.99. The molecule has 34 heavy (non-hydrogen) atoms. The Labute approximate surface area is 200 Å². The van der Waals surface area contributed by atoms with Crippen molar-refractivity contribution in [1.82, 2.24) is 0 Å². The minimum absolute atomic E-state index is 0.0140. The van der Waals surface area contributed by atoms with Gasteiger partial charge in [0.25, 0.3) is 0 Å². The average molecular weight is 473 g/mol. The Hall–Kier alpha value is -1.89. The lowest BCUT2D eigenvalue weighted by molar-refractivity contribution is -0.156. The lowest BCUT2D eigenvalue weighted by Gasteiger charge is -2.44. The molecule has 5 saturated carbocycles. The Bertz CT molecular complexity index is 941. The van der Waals surface area contributed by atoms with Crippen molar-refractivity contribution in [2.45, 2.75) is 71.6 Å². The summed E-state index contributed by atoms with van der Waals surface area (Å²) in [5.41, 5.74) is -1.35. The van der Waals surface area contributed by atoms with E-state index in [1.807, 2.05) is 6.92 Å². The number of carbonyl (C=O) groups is 5. The molecule has 2 N–H and O–H groups in total. The van der Waals surface area contributed by atoms with Gasteiger partial charge in [-0.15, -0.1) is 0 Å². The summed E-state index contributed by atoms with van der Waals surface area (Å²) in [5, 5.41) is 19.6. The number of carboxylic acids is 1. The van der Waals surface area contributed by atoms with Gasteiger partial charge in [-0.25, -0.2) is 0 Å². The molecule has 5 aliphatic carbocycles. The topological polar surface area (TPSA) is 126 Å². The molecule has 2 spiro atoms. The number of aliphatic hydroxyl groups excluding tert-OH is 1. The molecule has 5 fully saturated rings. The van der Waals surface area contributed by atoms with Gasteiger partial charge < -0.3 is 10.2 Å². The van der Waals surface area contributed by atoms with E-state index < -0.39 is 47.1 Å². The zero-order chi connectivity index (χ0) is 24.6. The summed E-state index contributed by atoms with van der Waals surface area (Å²) in [5.74, 6) is -4.04. The predicted octanol–water partition coefficient (Wildman–Crippen LogP) is 2.86. The van der Waals surface area contributed by atoms with E-state index in [1.165, 1.54) is 0 Å². The number of aliphatic carboxylic acids is 1. The predicted molar refractivity (Wildman–Crippen MR) is 120 cm³/mol. The van der Waals surface area contributed by atoms with Gasteiger partial charge in [0, 0.05) is 41.4 Å². The molecule has 7 heteroatoms. The molecule has 0 aromatic rings. The van der Waals surface area contributed by atoms with E-state index in [0.29, 0.717) is 57.8 Å². The first-order valence-electron chi connectivity index (χ1n) is 13.1. The second kappa shape index (κ2) is 8.07. The fourth-order valence-corrected chi connectivity index (χ4v) is 9.81. The standard InChI is InChI=1S/C27H36O7/c1-3-5-18(30)22-15-9-14(21(22)24(32)33)11-27(15)7-6-26(25(27)34)10-13-8-16(26)23(19(31)12-28)20(13)17(29)4-2/h13-16,20-23,28H,3-12H2,1-2H3,(H,32,33)/t13?,14?,15-,16+,20-,21-,22-,23+,26+,27-/m0/s1. The van der Waals surface area contributed by atoms with E-state index in [1.54, 1.807) is 6.92 Å². The number of carboxylic acid groups (broad SMARTS) is 1. The zero-order valence-corrected chi connectivity index (χ0v) is 20.1. The third kappa shape index (κ3) is 2.88. The average Bonchev–Trinajstić information content (AvgIpc) is 3.60. The zero-order valence-electron chi connectivity index (χ0n) is 20.1. The maximum atomic E-state index is 14.4. The Morgan fingerprint density at radius 2 is 1.35 bits per heavy atom. The van der Waals surface area contributed by atoms with Crippen LogP contribution in [-0.2, 0) is 24.0 Å². The van der Waals surface area contributed by atoms with E-state index in [0.717, 1.165) is 0 Å². The third-order valence-corrected chi connectivity index (χ3v) is 10.8. The molecule has 4 bridgehead atoms. The fourth-order valence-electron chi connectivity index (χ4n) is 9.81. The molecule has 0 amide bonds. The van der Waals surface area contributed by atoms with Crippen LogP contribution in [0.4, 0.5) is 0 Å². The number of hydrogen-bond acceptors (Lipinski definition) is 6. The Morgan fingerprint density at radius 3 is 1.82 bits per heavy atom. The van der Waals surface area contributed by atoms with Crippen molar-refractivity contribution in [3.05, 3.63) is 0 Å². The number of ketones is 4. The Morgan fingerprint density at radius 1 is 0.824 bits per heavy atom. The highest BCUT2D eigenvalue weighted by Gasteiger charge is 2.75. The quantitative estimate of drug-likeness (QED) is 0.556. The third-order valence-electron chi connectivity index (χ3n) is 10.8. The van der Waals surface area contributed by atoms with E-state index >= 15 is 0 Å². The number of hydrogen-bond donors (Lipinski definition) is 2. The van der Waals surface area contributed by atoms with Crippen molar-refractivity contribution in [3.8, 4) is 0 Å². The first kappa shape index (κ1) is 23.8. The van der Waals surface area contributed by atoms with E-state index in [4.69, 9.17) is 0 Å². The molecule has 0 aromatic carbocycles. The maximum Gasteiger partial charge on any atom is 0.307 e. The second-order valence-corrected chi connectivity index (χ2v) is 11.9. The molecule has 0 aromatic heterocycles. The molecule has 0 heterocycles. The van der Waals surface area contributed by atoms with Crippen LogP contribution >= 0.6 is 0 Å². The Balaban J connectivity index is 1.48. The summed E-state index contributed by atoms with van der Waals surface area (Å²) in [6.45, 7) is 3.09. The lowest BCUT2D eigenvalue weighted by Crippen LogP contribution is -2.51. The Kier molecular flexibility index (Phi) is 5.66. The smallest absolute Gasteiger partial charge is 0.307 e. The normalized spacial score (nSPS) is 46.1. The van der Waals surface area contributed by atoms with E-state index in [2.05, 4.69) is 0 Å². The molecule has 10 atom stereocenters. The van der Waals surface area contributed by atoms with E-state index in [9.17, 15) is 34.2 Å². The van der Waals surface area contributed by atoms with Crippen LogP contribution in [-0.4, -0.2) is 45.9 Å². The minimum Gasteiger partial charge on any atom is -0.481 e. The number of aliphatic hydroxyl groups is 1. The van der Waals surface area contributed by atoms with Crippen molar-refractivity contribution >= 4 is 29.1 Å². The molecule has 0 aliphatic heterocycles. The number of carbonyl (C=O) groups excluding carboxylic acids is 4. The minimum atomic E-state index is -0.925. The van der Waals surface area contributed by atoms with Crippen LogP contribution in [0.5, 0.6) is 0 Å². The maximum absolute atomic E-state index is 14.4. The van der Waals surface area contributed by atoms with Crippen molar-refractivity contribution < 1.29 is 34.2 Å². The first-order valence-corrected chi connectivity index (χ1v) is 13.1. The van der Waals surface area contributed by atoms with Gasteiger partial charge in [0.1, 0.15) is 24.0 Å². The summed E-state index contributed by atoms with van der Waals surface area (Å²) in [6, 6.07) is 0. The second-order valence-electron chi connectivity index (χ2n) is 11.9. The van der Waals surface area contributed by atoms with Gasteiger partial charge in [-0.05, 0) is 68.6 Å². The molecule has 2 unspecified atom stereocenters. The summed E-state index contributed by atoms with van der Waals surface area (Å²) < 4.78 is 0. The molecule has 5 rings (SSSR count). The van der Waals surface area contributed by atoms with Crippen LogP contribution in [0.2, 0.25) is 0 Å². The molecule has 5 aliphatic rings. The largest absolute Gasteiger partial charge is 0.481 e. The van der Waals surface area contributed by atoms with Gasteiger partial charge in [-0.1, -0.05) is 13.8 Å². The number of Topliss-reactive ketones (excluding diaryl/α,β-unsaturated/α-hetero) is 4. The van der Waals surface area contributed by atoms with Crippen LogP contribution in [0.15, 0.2) is 0 Å². The number of rotatable bonds is 8. The van der Waals surface area contributed by atoms with Gasteiger partial charge >= 0.3 is 5.97 Å². The molecule has 186 valence electrons. The highest BCUT2D eigenvalue weighted by Crippen LogP contribution is 2.74. The first-order chi connectivity index (χ1) is 16.2. The summed E-state index contributed by atoms with van der Waals surface area (Å²) in [7, 11) is 0. The van der Waals surface area contributed by atoms with Crippen LogP contribution in [0.25, 0.3) is 0 Å². The summed E-state index contributed by atoms with van der Waals surface area (Å²) >= 11 is 0. The molecule has 0 saturated heterocycles. The van der Waals surface area contributed by atoms with Crippen LogP contribution in [0.3, 0.4) is 0 Å². The number of fused-ring (bicyclic) bond motifs is 6. The summed E-state index contributed by atoms with van der Waals surface area (Å²) in [6.07, 6.45) is 5.04. The van der Waals surface area contributed by atoms with Gasteiger partial charge in [0.05, 0.1) is 5.92 Å². The van der Waals surface area contributed by atoms with Crippen molar-refractivity contribution in [2.24, 2.45) is 58.2 Å². The summed E-state index contributed by atoms with van der Waals surface area (Å²) in [4.78, 5) is 65.2.